The molecule has 9 nitrogen and oxygen atoms in total. The molecule has 5 rings (SSSR count). The fourth-order valence-electron chi connectivity index (χ4n) is 5.33. The van der Waals surface area contributed by atoms with E-state index in [2.05, 4.69) is 0 Å². The number of quaternary nitrogens is 1. The van der Waals surface area contributed by atoms with Crippen LogP contribution in [0.4, 0.5) is 5.69 Å². The number of Topliss-reactive ketones (excluding diaryl/α,β-unsaturated/α-hetero) is 1. The maximum absolute atomic E-state index is 14.1. The molecule has 178 valence electrons. The number of morpholine rings is 1. The Bertz CT molecular complexity index is 1190. The Labute approximate surface area is 197 Å². The van der Waals surface area contributed by atoms with Gasteiger partial charge in [-0.05, 0) is 37.8 Å². The molecule has 1 aromatic heterocycles. The first-order valence-corrected chi connectivity index (χ1v) is 11.6. The molecule has 3 aliphatic rings. The van der Waals surface area contributed by atoms with Crippen LogP contribution in [0.5, 0.6) is 0 Å². The van der Waals surface area contributed by atoms with E-state index in [0.717, 1.165) is 13.1 Å². The number of ketones is 1. The van der Waals surface area contributed by atoms with E-state index in [9.17, 15) is 19.5 Å². The SMILES string of the molecule is CCN1C(=O)C2(C(C(=O)c3ccc(C)o3)=C([O-])C(=O)N2CC[NH+]2CCOCC2)c2ccccc21. The molecule has 1 N–H and O–H groups in total. The first-order chi connectivity index (χ1) is 16.4. The number of nitrogens with one attached hydrogen (secondary N) is 1. The topological polar surface area (TPSA) is 108 Å². The van der Waals surface area contributed by atoms with E-state index in [0.29, 0.717) is 43.3 Å². The van der Waals surface area contributed by atoms with Gasteiger partial charge in [0, 0.05) is 17.7 Å². The minimum Gasteiger partial charge on any atom is -0.868 e. The number of amides is 2. The number of rotatable bonds is 6. The number of aryl methyl sites for hydroxylation is 1. The van der Waals surface area contributed by atoms with E-state index in [1.165, 1.54) is 20.8 Å². The Morgan fingerprint density at radius 2 is 1.88 bits per heavy atom. The molecular formula is C25H27N3O6. The summed E-state index contributed by atoms with van der Waals surface area (Å²) in [5.41, 5.74) is -1.08. The van der Waals surface area contributed by atoms with Crippen LogP contribution >= 0.6 is 0 Å². The van der Waals surface area contributed by atoms with Gasteiger partial charge in [-0.3, -0.25) is 14.4 Å². The third-order valence-corrected chi connectivity index (χ3v) is 6.97. The summed E-state index contributed by atoms with van der Waals surface area (Å²) in [6.45, 7) is 7.32. The first kappa shape index (κ1) is 22.4. The normalized spacial score (nSPS) is 22.9. The standard InChI is InChI=1S/C25H27N3O6/c1-3-27-18-7-5-4-6-17(18)25(24(27)32)20(21(29)19-9-8-16(2)34-19)22(30)23(31)28(25)11-10-26-12-14-33-15-13-26/h4-9,30H,3,10-15H2,1-2H3. The Kier molecular flexibility index (Phi) is 5.53. The average Bonchev–Trinajstić information content (AvgIpc) is 3.46. The zero-order chi connectivity index (χ0) is 24.0. The minimum atomic E-state index is -1.80. The van der Waals surface area contributed by atoms with Crippen LogP contribution in [0.2, 0.25) is 0 Å². The molecule has 3 aliphatic heterocycles. The van der Waals surface area contributed by atoms with Gasteiger partial charge in [-0.1, -0.05) is 18.2 Å². The molecule has 1 saturated heterocycles. The van der Waals surface area contributed by atoms with Crippen LogP contribution < -0.4 is 14.9 Å². The van der Waals surface area contributed by atoms with Crippen molar-refractivity contribution >= 4 is 23.3 Å². The maximum Gasteiger partial charge on any atom is 0.262 e. The number of ether oxygens (including phenoxy) is 1. The van der Waals surface area contributed by atoms with Crippen molar-refractivity contribution in [1.82, 2.24) is 4.90 Å². The van der Waals surface area contributed by atoms with Gasteiger partial charge < -0.3 is 29.0 Å². The number of nitrogens with zero attached hydrogens (tertiary/aromatic N) is 2. The lowest BCUT2D eigenvalue weighted by Gasteiger charge is -2.37. The molecule has 0 radical (unpaired) electrons. The molecule has 1 atom stereocenters. The predicted octanol–water partition coefficient (Wildman–Crippen LogP) is -0.596. The van der Waals surface area contributed by atoms with Crippen LogP contribution in [0, 0.1) is 6.92 Å². The van der Waals surface area contributed by atoms with Crippen LogP contribution in [0.25, 0.3) is 0 Å². The van der Waals surface area contributed by atoms with Crippen molar-refractivity contribution in [3.05, 3.63) is 64.8 Å². The summed E-state index contributed by atoms with van der Waals surface area (Å²) in [5.74, 6) is -2.53. The van der Waals surface area contributed by atoms with E-state index in [4.69, 9.17) is 9.15 Å². The summed E-state index contributed by atoms with van der Waals surface area (Å²) >= 11 is 0. The van der Waals surface area contributed by atoms with Gasteiger partial charge >= 0.3 is 0 Å². The zero-order valence-corrected chi connectivity index (χ0v) is 19.3. The van der Waals surface area contributed by atoms with Gasteiger partial charge in [-0.2, -0.15) is 0 Å². The maximum atomic E-state index is 14.1. The van der Waals surface area contributed by atoms with Crippen molar-refractivity contribution in [2.24, 2.45) is 0 Å². The number of benzene rings is 1. The molecular weight excluding hydrogens is 438 g/mol. The molecule has 34 heavy (non-hydrogen) atoms. The van der Waals surface area contributed by atoms with Crippen LogP contribution in [0.15, 0.2) is 52.1 Å². The molecule has 0 aliphatic carbocycles. The second-order valence-corrected chi connectivity index (χ2v) is 8.79. The molecule has 2 amide bonds. The van der Waals surface area contributed by atoms with Crippen LogP contribution in [-0.4, -0.2) is 68.4 Å². The number of carbonyl (C=O) groups excluding carboxylic acids is 3. The number of furan rings is 1. The molecule has 2 aromatic rings. The number of carbonyl (C=O) groups is 3. The van der Waals surface area contributed by atoms with Crippen molar-refractivity contribution in [1.29, 1.82) is 0 Å². The molecule has 1 unspecified atom stereocenters. The lowest BCUT2D eigenvalue weighted by Crippen LogP contribution is -3.14. The number of anilines is 1. The van der Waals surface area contributed by atoms with Crippen LogP contribution in [-0.2, 0) is 19.9 Å². The van der Waals surface area contributed by atoms with Crippen molar-refractivity contribution < 1.29 is 33.5 Å². The molecule has 9 heteroatoms. The van der Waals surface area contributed by atoms with Crippen molar-refractivity contribution in [2.45, 2.75) is 19.4 Å². The first-order valence-electron chi connectivity index (χ1n) is 11.6. The van der Waals surface area contributed by atoms with Crippen LogP contribution in [0.1, 0.15) is 28.8 Å². The summed E-state index contributed by atoms with van der Waals surface area (Å²) in [4.78, 5) is 45.2. The zero-order valence-electron chi connectivity index (χ0n) is 19.3. The van der Waals surface area contributed by atoms with Crippen LogP contribution in [0.3, 0.4) is 0 Å². The summed E-state index contributed by atoms with van der Waals surface area (Å²) < 4.78 is 10.9. The van der Waals surface area contributed by atoms with Gasteiger partial charge in [0.25, 0.3) is 5.91 Å². The summed E-state index contributed by atoms with van der Waals surface area (Å²) in [6, 6.07) is 10.1. The lowest BCUT2D eigenvalue weighted by molar-refractivity contribution is -0.907. The molecule has 1 fully saturated rings. The number of hydrogen-bond acceptors (Lipinski definition) is 6. The van der Waals surface area contributed by atoms with Crippen molar-refractivity contribution in [3.8, 4) is 0 Å². The molecule has 1 spiro atoms. The summed E-state index contributed by atoms with van der Waals surface area (Å²) in [5, 5.41) is 13.4. The van der Waals surface area contributed by atoms with Crippen molar-refractivity contribution in [3.63, 3.8) is 0 Å². The number of likely N-dealkylation sites (N-methyl/N-ethyl adjacent to an activating group) is 1. The summed E-state index contributed by atoms with van der Waals surface area (Å²) in [7, 11) is 0. The number of fused-ring (bicyclic) bond motifs is 2. The highest BCUT2D eigenvalue weighted by Crippen LogP contribution is 2.52. The van der Waals surface area contributed by atoms with E-state index >= 15 is 0 Å². The van der Waals surface area contributed by atoms with Gasteiger partial charge in [0.2, 0.25) is 11.7 Å². The van der Waals surface area contributed by atoms with E-state index < -0.39 is 28.9 Å². The Balaban J connectivity index is 1.66. The highest BCUT2D eigenvalue weighted by atomic mass is 16.5. The van der Waals surface area contributed by atoms with E-state index in [-0.39, 0.29) is 17.9 Å². The van der Waals surface area contributed by atoms with Gasteiger partial charge in [-0.25, -0.2) is 0 Å². The second kappa shape index (κ2) is 8.41. The monoisotopic (exact) mass is 465 g/mol. The van der Waals surface area contributed by atoms with E-state index in [1.807, 2.05) is 6.92 Å². The fourth-order valence-corrected chi connectivity index (χ4v) is 5.33. The highest BCUT2D eigenvalue weighted by Gasteiger charge is 2.63. The number of para-hydroxylation sites is 1. The smallest absolute Gasteiger partial charge is 0.262 e. The van der Waals surface area contributed by atoms with Crippen molar-refractivity contribution in [2.75, 3.05) is 50.8 Å². The molecule has 4 heterocycles. The predicted molar refractivity (Wildman–Crippen MR) is 119 cm³/mol. The van der Waals surface area contributed by atoms with Gasteiger partial charge in [0.1, 0.15) is 18.8 Å². The molecule has 1 aromatic carbocycles. The fraction of sp³-hybridized carbons (Fsp3) is 0.400. The number of hydrogen-bond donors (Lipinski definition) is 1. The quantitative estimate of drug-likeness (QED) is 0.572. The Morgan fingerprint density at radius 3 is 2.56 bits per heavy atom. The minimum absolute atomic E-state index is 0.0612. The average molecular weight is 466 g/mol. The Morgan fingerprint density at radius 1 is 1.15 bits per heavy atom. The summed E-state index contributed by atoms with van der Waals surface area (Å²) in [6.07, 6.45) is 0. The van der Waals surface area contributed by atoms with Gasteiger partial charge in [0.15, 0.2) is 11.3 Å². The second-order valence-electron chi connectivity index (χ2n) is 8.79. The van der Waals surface area contributed by atoms with E-state index in [1.54, 1.807) is 37.3 Å². The van der Waals surface area contributed by atoms with Gasteiger partial charge in [0.05, 0.1) is 32.0 Å². The highest BCUT2D eigenvalue weighted by molar-refractivity contribution is 6.25. The molecule has 0 saturated carbocycles. The Hall–Kier alpha value is -3.43. The third kappa shape index (κ3) is 3.11. The van der Waals surface area contributed by atoms with Gasteiger partial charge in [-0.15, -0.1) is 0 Å². The molecule has 0 bridgehead atoms. The lowest BCUT2D eigenvalue weighted by atomic mass is 9.81. The largest absolute Gasteiger partial charge is 0.868 e. The third-order valence-electron chi connectivity index (χ3n) is 6.97.